The highest BCUT2D eigenvalue weighted by molar-refractivity contribution is 7.85. The Labute approximate surface area is 245 Å². The summed E-state index contributed by atoms with van der Waals surface area (Å²) in [6, 6.07) is 51.7. The lowest BCUT2D eigenvalue weighted by Gasteiger charge is -2.17. The quantitative estimate of drug-likeness (QED) is 0.199. The van der Waals surface area contributed by atoms with Crippen molar-refractivity contribution < 1.29 is 4.21 Å². The maximum absolute atomic E-state index is 13.2. The van der Waals surface area contributed by atoms with Crippen LogP contribution in [0.2, 0.25) is 0 Å². The van der Waals surface area contributed by atoms with Crippen LogP contribution in [0.5, 0.6) is 0 Å². The van der Waals surface area contributed by atoms with Crippen molar-refractivity contribution in [3.8, 4) is 11.1 Å². The maximum atomic E-state index is 13.2. The van der Waals surface area contributed by atoms with Crippen LogP contribution in [0.1, 0.15) is 0 Å². The summed E-state index contributed by atoms with van der Waals surface area (Å²) in [6.07, 6.45) is 0. The molecule has 0 fully saturated rings. The highest BCUT2D eigenvalue weighted by atomic mass is 32.2. The molecule has 9 aromatic carbocycles. The van der Waals surface area contributed by atoms with Crippen LogP contribution in [0, 0.1) is 0 Å². The van der Waals surface area contributed by atoms with E-state index in [1.165, 1.54) is 64.6 Å². The second kappa shape index (κ2) is 8.97. The SMILES string of the molecule is O=S(c1ccccc1)c1ccc(-c2cc3ccc4cccc5c6cccc7ccc8cccc(c(c2)c3c45)c8c76)cc1. The molecule has 0 amide bonds. The molecule has 9 rings (SSSR count). The van der Waals surface area contributed by atoms with Gasteiger partial charge in [-0.25, -0.2) is 4.21 Å². The van der Waals surface area contributed by atoms with Gasteiger partial charge in [0.25, 0.3) is 0 Å². The minimum Gasteiger partial charge on any atom is -0.249 e. The molecule has 9 aromatic rings. The summed E-state index contributed by atoms with van der Waals surface area (Å²) < 4.78 is 13.2. The topological polar surface area (TPSA) is 17.1 Å². The van der Waals surface area contributed by atoms with Crippen molar-refractivity contribution >= 4 is 75.4 Å². The van der Waals surface area contributed by atoms with Crippen molar-refractivity contribution in [2.75, 3.05) is 0 Å². The first-order valence-corrected chi connectivity index (χ1v) is 15.4. The number of fused-ring (bicyclic) bond motifs is 2. The van der Waals surface area contributed by atoms with Crippen LogP contribution in [-0.2, 0) is 10.8 Å². The largest absolute Gasteiger partial charge is 0.249 e. The molecule has 0 spiro atoms. The van der Waals surface area contributed by atoms with Crippen LogP contribution < -0.4 is 0 Å². The predicted octanol–water partition coefficient (Wildman–Crippen LogP) is 10.9. The molecule has 42 heavy (non-hydrogen) atoms. The van der Waals surface area contributed by atoms with Gasteiger partial charge in [0.05, 0.1) is 10.8 Å². The highest BCUT2D eigenvalue weighted by Gasteiger charge is 2.16. The van der Waals surface area contributed by atoms with Crippen molar-refractivity contribution in [3.05, 3.63) is 146 Å². The smallest absolute Gasteiger partial charge is 0.0849 e. The predicted molar refractivity (Wildman–Crippen MR) is 179 cm³/mol. The van der Waals surface area contributed by atoms with E-state index in [2.05, 4.69) is 103 Å². The van der Waals surface area contributed by atoms with Crippen LogP contribution >= 0.6 is 0 Å². The molecule has 1 nitrogen and oxygen atoms in total. The van der Waals surface area contributed by atoms with Gasteiger partial charge in [0.15, 0.2) is 0 Å². The Hall–Kier alpha value is -5.05. The van der Waals surface area contributed by atoms with Gasteiger partial charge < -0.3 is 0 Å². The monoisotopic (exact) mass is 552 g/mol. The molecule has 0 radical (unpaired) electrons. The zero-order chi connectivity index (χ0) is 27.8. The summed E-state index contributed by atoms with van der Waals surface area (Å²) in [4.78, 5) is 1.63. The van der Waals surface area contributed by atoms with Gasteiger partial charge in [0.1, 0.15) is 0 Å². The van der Waals surface area contributed by atoms with Gasteiger partial charge in [-0.3, -0.25) is 0 Å². The van der Waals surface area contributed by atoms with E-state index in [4.69, 9.17) is 0 Å². The molecule has 0 heterocycles. The van der Waals surface area contributed by atoms with Crippen molar-refractivity contribution in [2.24, 2.45) is 0 Å². The molecule has 2 heteroatoms. The van der Waals surface area contributed by atoms with Gasteiger partial charge in [-0.1, -0.05) is 109 Å². The maximum Gasteiger partial charge on any atom is 0.0849 e. The summed E-state index contributed by atoms with van der Waals surface area (Å²) in [6.45, 7) is 0. The van der Waals surface area contributed by atoms with E-state index in [1.54, 1.807) is 0 Å². The van der Waals surface area contributed by atoms with Gasteiger partial charge in [-0.2, -0.15) is 0 Å². The van der Waals surface area contributed by atoms with E-state index in [0.717, 1.165) is 20.9 Å². The zero-order valence-electron chi connectivity index (χ0n) is 22.7. The Morgan fingerprint density at radius 1 is 0.333 bits per heavy atom. The summed E-state index contributed by atoms with van der Waals surface area (Å²) in [5.41, 5.74) is 2.27. The fourth-order valence-corrected chi connectivity index (χ4v) is 7.96. The molecular formula is C40H24OS. The first-order valence-electron chi connectivity index (χ1n) is 14.3. The normalized spacial score (nSPS) is 12.8. The molecule has 0 aliphatic rings. The van der Waals surface area contributed by atoms with E-state index in [-0.39, 0.29) is 0 Å². The molecule has 196 valence electrons. The average molecular weight is 553 g/mol. The zero-order valence-corrected chi connectivity index (χ0v) is 23.5. The van der Waals surface area contributed by atoms with Crippen LogP contribution in [0.25, 0.3) is 75.8 Å². The van der Waals surface area contributed by atoms with Crippen molar-refractivity contribution in [1.82, 2.24) is 0 Å². The molecule has 1 atom stereocenters. The minimum atomic E-state index is -1.21. The lowest BCUT2D eigenvalue weighted by atomic mass is 9.86. The third-order valence-corrected chi connectivity index (χ3v) is 10.2. The number of hydrogen-bond donors (Lipinski definition) is 0. The van der Waals surface area contributed by atoms with E-state index in [9.17, 15) is 4.21 Å². The molecule has 0 aliphatic heterocycles. The van der Waals surface area contributed by atoms with Crippen LogP contribution in [0.4, 0.5) is 0 Å². The highest BCUT2D eigenvalue weighted by Crippen LogP contribution is 2.44. The van der Waals surface area contributed by atoms with Gasteiger partial charge in [-0.15, -0.1) is 0 Å². The van der Waals surface area contributed by atoms with Gasteiger partial charge >= 0.3 is 0 Å². The fraction of sp³-hybridized carbons (Fsp3) is 0. The molecule has 0 aromatic heterocycles. The summed E-state index contributed by atoms with van der Waals surface area (Å²) >= 11 is 0. The molecular weight excluding hydrogens is 529 g/mol. The van der Waals surface area contributed by atoms with Crippen LogP contribution in [0.15, 0.2) is 155 Å². The summed E-state index contributed by atoms with van der Waals surface area (Å²) in [5.74, 6) is 0. The van der Waals surface area contributed by atoms with E-state index >= 15 is 0 Å². The molecule has 0 aliphatic carbocycles. The van der Waals surface area contributed by atoms with E-state index in [1.807, 2.05) is 42.5 Å². The number of hydrogen-bond acceptors (Lipinski definition) is 1. The standard InChI is InChI=1S/C40H24OS/c41-42(31-10-2-1-3-11-31)32-21-19-25(20-22-32)30-23-29-18-17-28-8-5-13-34-33-12-4-7-26-15-16-27-9-6-14-35(39(27)37(26)33)36(24-30)40(29)38(28)34/h1-24H. The fourth-order valence-electron chi connectivity index (χ4n) is 6.90. The summed E-state index contributed by atoms with van der Waals surface area (Å²) in [7, 11) is -1.21. The van der Waals surface area contributed by atoms with Gasteiger partial charge in [0.2, 0.25) is 0 Å². The number of benzene rings is 8. The number of rotatable bonds is 3. The third-order valence-electron chi connectivity index (χ3n) is 8.78. The molecule has 0 N–H and O–H groups in total. The second-order valence-corrected chi connectivity index (χ2v) is 12.6. The molecule has 1 unspecified atom stereocenters. The molecule has 0 saturated heterocycles. The second-order valence-electron chi connectivity index (χ2n) is 11.1. The van der Waals surface area contributed by atoms with Crippen molar-refractivity contribution in [1.29, 1.82) is 0 Å². The lowest BCUT2D eigenvalue weighted by molar-refractivity contribution is 0.683. The average Bonchev–Trinajstić information content (AvgIpc) is 3.06. The Kier molecular flexibility index (Phi) is 5.05. The third kappa shape index (κ3) is 3.39. The minimum absolute atomic E-state index is 0.809. The Balaban J connectivity index is 1.39. The van der Waals surface area contributed by atoms with E-state index < -0.39 is 10.8 Å². The first-order chi connectivity index (χ1) is 20.7. The molecule has 0 bridgehead atoms. The van der Waals surface area contributed by atoms with E-state index in [0.29, 0.717) is 0 Å². The van der Waals surface area contributed by atoms with Gasteiger partial charge in [-0.05, 0) is 112 Å². The Morgan fingerprint density at radius 2 is 0.810 bits per heavy atom. The van der Waals surface area contributed by atoms with Gasteiger partial charge in [0, 0.05) is 9.79 Å². The Morgan fingerprint density at radius 3 is 1.38 bits per heavy atom. The first kappa shape index (κ1) is 23.6. The van der Waals surface area contributed by atoms with Crippen molar-refractivity contribution in [3.63, 3.8) is 0 Å². The van der Waals surface area contributed by atoms with Crippen molar-refractivity contribution in [2.45, 2.75) is 9.79 Å². The Bertz CT molecular complexity index is 2500. The summed E-state index contributed by atoms with van der Waals surface area (Å²) in [5, 5.41) is 15.3. The van der Waals surface area contributed by atoms with Crippen LogP contribution in [-0.4, -0.2) is 4.21 Å². The van der Waals surface area contributed by atoms with Crippen LogP contribution in [0.3, 0.4) is 0 Å². The lowest BCUT2D eigenvalue weighted by Crippen LogP contribution is -1.92. The molecule has 0 saturated carbocycles.